The van der Waals surface area contributed by atoms with Crippen molar-refractivity contribution in [1.82, 2.24) is 0 Å². The highest BCUT2D eigenvalue weighted by Crippen LogP contribution is 2.16. The molecule has 4 nitrogen and oxygen atoms in total. The number of anilines is 1. The van der Waals surface area contributed by atoms with Crippen molar-refractivity contribution in [3.63, 3.8) is 0 Å². The quantitative estimate of drug-likeness (QED) is 0.762. The van der Waals surface area contributed by atoms with Crippen LogP contribution in [0.15, 0.2) is 18.2 Å². The van der Waals surface area contributed by atoms with Crippen LogP contribution in [0.5, 0.6) is 0 Å². The average Bonchev–Trinajstić information content (AvgIpc) is 2.69. The Bertz CT molecular complexity index is 436. The molecule has 5 heteroatoms. The molecule has 1 atom stereocenters. The molecular formula is C12H16BNO3. The molecular weight excluding hydrogens is 217 g/mol. The third-order valence-electron chi connectivity index (χ3n) is 3.13. The topological polar surface area (TPSA) is 58.6 Å². The van der Waals surface area contributed by atoms with Crippen molar-refractivity contribution in [2.75, 3.05) is 5.32 Å². The summed E-state index contributed by atoms with van der Waals surface area (Å²) in [4.78, 5) is 11.7. The van der Waals surface area contributed by atoms with Gasteiger partial charge >= 0.3 is 7.12 Å². The number of hydrogen-bond acceptors (Lipinski definition) is 3. The van der Waals surface area contributed by atoms with Crippen molar-refractivity contribution in [1.29, 1.82) is 0 Å². The first-order chi connectivity index (χ1) is 8.11. The van der Waals surface area contributed by atoms with Crippen molar-refractivity contribution >= 4 is 24.2 Å². The molecule has 0 saturated carbocycles. The number of hydrogen-bond donors (Lipinski definition) is 2. The number of nitrogens with one attached hydrogen (secondary N) is 1. The molecule has 0 spiro atoms. The highest BCUT2D eigenvalue weighted by atomic mass is 16.5. The standard InChI is InChI=1S/C12H16BNO3/c1-3-8(2)12(15)14-10-4-5-11-9(6-10)7-17-13(11)16/h4-6,8,16H,3,7H2,1-2H3,(H,14,15). The SMILES string of the molecule is CCC(C)C(=O)Nc1ccc2c(c1)COB2O. The Balaban J connectivity index is 2.11. The number of benzene rings is 1. The maximum atomic E-state index is 11.7. The summed E-state index contributed by atoms with van der Waals surface area (Å²) < 4.78 is 5.09. The second kappa shape index (κ2) is 4.90. The van der Waals surface area contributed by atoms with Gasteiger partial charge in [-0.2, -0.15) is 0 Å². The van der Waals surface area contributed by atoms with E-state index < -0.39 is 7.12 Å². The van der Waals surface area contributed by atoms with Crippen LogP contribution in [0.2, 0.25) is 0 Å². The maximum absolute atomic E-state index is 11.7. The molecule has 2 N–H and O–H groups in total. The molecule has 17 heavy (non-hydrogen) atoms. The van der Waals surface area contributed by atoms with E-state index in [1.807, 2.05) is 19.9 Å². The first-order valence-corrected chi connectivity index (χ1v) is 5.85. The fourth-order valence-electron chi connectivity index (χ4n) is 1.76. The molecule has 1 aromatic rings. The molecule has 90 valence electrons. The number of carbonyl (C=O) groups excluding carboxylic acids is 1. The zero-order valence-corrected chi connectivity index (χ0v) is 10.1. The highest BCUT2D eigenvalue weighted by Gasteiger charge is 2.27. The van der Waals surface area contributed by atoms with Crippen molar-refractivity contribution in [2.24, 2.45) is 5.92 Å². The monoisotopic (exact) mass is 233 g/mol. The van der Waals surface area contributed by atoms with Crippen LogP contribution >= 0.6 is 0 Å². The highest BCUT2D eigenvalue weighted by molar-refractivity contribution is 6.61. The molecule has 0 bridgehead atoms. The van der Waals surface area contributed by atoms with Gasteiger partial charge in [-0.1, -0.05) is 19.9 Å². The molecule has 1 aliphatic rings. The summed E-state index contributed by atoms with van der Waals surface area (Å²) in [7, 11) is -0.829. The molecule has 1 aromatic carbocycles. The minimum atomic E-state index is -0.829. The molecule has 1 heterocycles. The van der Waals surface area contributed by atoms with Gasteiger partial charge < -0.3 is 15.0 Å². The summed E-state index contributed by atoms with van der Waals surface area (Å²) in [6.07, 6.45) is 0.818. The smallest absolute Gasteiger partial charge is 0.423 e. The zero-order valence-electron chi connectivity index (χ0n) is 10.1. The molecule has 0 aliphatic carbocycles. The molecule has 0 radical (unpaired) electrons. The van der Waals surface area contributed by atoms with Gasteiger partial charge in [0.25, 0.3) is 0 Å². The van der Waals surface area contributed by atoms with Crippen LogP contribution in [0.3, 0.4) is 0 Å². The Morgan fingerprint density at radius 1 is 1.65 bits per heavy atom. The number of rotatable bonds is 3. The summed E-state index contributed by atoms with van der Waals surface area (Å²) in [5, 5.41) is 12.3. The number of carbonyl (C=O) groups is 1. The van der Waals surface area contributed by atoms with Crippen molar-refractivity contribution in [2.45, 2.75) is 26.9 Å². The Hall–Kier alpha value is -1.33. The fraction of sp³-hybridized carbons (Fsp3) is 0.417. The second-order valence-electron chi connectivity index (χ2n) is 4.38. The third kappa shape index (κ3) is 2.51. The summed E-state index contributed by atoms with van der Waals surface area (Å²) >= 11 is 0. The Kier molecular flexibility index (Phi) is 3.50. The first kappa shape index (κ1) is 12.1. The van der Waals surface area contributed by atoms with Crippen LogP contribution in [0.4, 0.5) is 5.69 Å². The van der Waals surface area contributed by atoms with E-state index in [0.717, 1.165) is 23.1 Å². The molecule has 2 rings (SSSR count). The Morgan fingerprint density at radius 3 is 3.12 bits per heavy atom. The number of fused-ring (bicyclic) bond motifs is 1. The summed E-state index contributed by atoms with van der Waals surface area (Å²) in [6.45, 7) is 4.27. The minimum Gasteiger partial charge on any atom is -0.423 e. The predicted molar refractivity (Wildman–Crippen MR) is 66.9 cm³/mol. The number of amides is 1. The molecule has 0 saturated heterocycles. The van der Waals surface area contributed by atoms with Gasteiger partial charge in [-0.05, 0) is 29.6 Å². The van der Waals surface area contributed by atoms with Gasteiger partial charge in [-0.3, -0.25) is 4.79 Å². The van der Waals surface area contributed by atoms with Gasteiger partial charge in [0.05, 0.1) is 6.61 Å². The maximum Gasteiger partial charge on any atom is 0.491 e. The van der Waals surface area contributed by atoms with E-state index >= 15 is 0 Å². The summed E-state index contributed by atoms with van der Waals surface area (Å²) in [5.41, 5.74) is 2.47. The van der Waals surface area contributed by atoms with Crippen LogP contribution in [-0.4, -0.2) is 18.0 Å². The van der Waals surface area contributed by atoms with Gasteiger partial charge in [0, 0.05) is 11.6 Å². The summed E-state index contributed by atoms with van der Waals surface area (Å²) in [5.74, 6) is 0.0250. The van der Waals surface area contributed by atoms with Crippen LogP contribution in [0.25, 0.3) is 0 Å². The van der Waals surface area contributed by atoms with Gasteiger partial charge in [-0.25, -0.2) is 0 Å². The lowest BCUT2D eigenvalue weighted by Crippen LogP contribution is -2.28. The second-order valence-corrected chi connectivity index (χ2v) is 4.38. The first-order valence-electron chi connectivity index (χ1n) is 5.85. The van der Waals surface area contributed by atoms with E-state index in [-0.39, 0.29) is 11.8 Å². The normalized spacial score (nSPS) is 15.6. The average molecular weight is 233 g/mol. The minimum absolute atomic E-state index is 0.00472. The van der Waals surface area contributed by atoms with Crippen LogP contribution in [0.1, 0.15) is 25.8 Å². The van der Waals surface area contributed by atoms with Gasteiger partial charge in [0.1, 0.15) is 0 Å². The van der Waals surface area contributed by atoms with Crippen LogP contribution < -0.4 is 10.8 Å². The lowest BCUT2D eigenvalue weighted by Gasteiger charge is -2.10. The predicted octanol–water partition coefficient (Wildman–Crippen LogP) is 0.889. The van der Waals surface area contributed by atoms with E-state index in [4.69, 9.17) is 4.65 Å². The lowest BCUT2D eigenvalue weighted by molar-refractivity contribution is -0.119. The van der Waals surface area contributed by atoms with E-state index in [2.05, 4.69) is 5.32 Å². The third-order valence-corrected chi connectivity index (χ3v) is 3.13. The summed E-state index contributed by atoms with van der Waals surface area (Å²) in [6, 6.07) is 5.43. The van der Waals surface area contributed by atoms with E-state index in [9.17, 15) is 9.82 Å². The molecule has 1 unspecified atom stereocenters. The molecule has 0 aromatic heterocycles. The molecule has 1 amide bonds. The largest absolute Gasteiger partial charge is 0.491 e. The van der Waals surface area contributed by atoms with Gasteiger partial charge in [-0.15, -0.1) is 0 Å². The van der Waals surface area contributed by atoms with E-state index in [1.165, 1.54) is 0 Å². The Morgan fingerprint density at radius 2 is 2.41 bits per heavy atom. The zero-order chi connectivity index (χ0) is 12.4. The fourth-order valence-corrected chi connectivity index (χ4v) is 1.76. The molecule has 0 fully saturated rings. The van der Waals surface area contributed by atoms with Crippen molar-refractivity contribution in [3.05, 3.63) is 23.8 Å². The van der Waals surface area contributed by atoms with E-state index in [1.54, 1.807) is 12.1 Å². The van der Waals surface area contributed by atoms with Crippen molar-refractivity contribution < 1.29 is 14.5 Å². The van der Waals surface area contributed by atoms with Gasteiger partial charge in [0.15, 0.2) is 0 Å². The Labute approximate surface area is 101 Å². The van der Waals surface area contributed by atoms with Crippen LogP contribution in [0, 0.1) is 5.92 Å². The van der Waals surface area contributed by atoms with Crippen molar-refractivity contribution in [3.8, 4) is 0 Å². The van der Waals surface area contributed by atoms with Gasteiger partial charge in [0.2, 0.25) is 5.91 Å². The molecule has 1 aliphatic heterocycles. The van der Waals surface area contributed by atoms with E-state index in [0.29, 0.717) is 6.61 Å². The lowest BCUT2D eigenvalue weighted by atomic mass is 9.79. The van der Waals surface area contributed by atoms with Crippen LogP contribution in [-0.2, 0) is 16.1 Å².